The van der Waals surface area contributed by atoms with Gasteiger partial charge in [-0.1, -0.05) is 6.07 Å². The Bertz CT molecular complexity index is 1220. The normalized spacial score (nSPS) is 27.4. The SMILES string of the molecule is O=C(c1ncccc1-c1ccccn1)N1CC2CC23CC(Nc2ccc(C(F)(F)F)cn2)C13. The van der Waals surface area contributed by atoms with Gasteiger partial charge < -0.3 is 10.2 Å². The van der Waals surface area contributed by atoms with Gasteiger partial charge in [-0.25, -0.2) is 4.98 Å². The smallest absolute Gasteiger partial charge is 0.365 e. The summed E-state index contributed by atoms with van der Waals surface area (Å²) in [5.41, 5.74) is 1.07. The van der Waals surface area contributed by atoms with Crippen molar-refractivity contribution < 1.29 is 18.0 Å². The standard InChI is InChI=1S/C24H20F3N5O/c25-24(26,27)14-6-7-19(30-12-14)31-18-11-23-10-15(23)13-32(21(18)23)22(33)20-16(4-3-9-29-20)17-5-1-2-8-28-17/h1-9,12,15,18,21H,10-11,13H2,(H,30,31). The quantitative estimate of drug-likeness (QED) is 0.642. The minimum Gasteiger partial charge on any atom is -0.365 e. The van der Waals surface area contributed by atoms with E-state index in [2.05, 4.69) is 20.3 Å². The van der Waals surface area contributed by atoms with Gasteiger partial charge in [0.25, 0.3) is 5.91 Å². The number of piperidine rings is 1. The molecule has 1 saturated heterocycles. The van der Waals surface area contributed by atoms with Gasteiger partial charge in [-0.05, 0) is 60.6 Å². The maximum atomic E-state index is 13.6. The summed E-state index contributed by atoms with van der Waals surface area (Å²) >= 11 is 0. The average molecular weight is 451 g/mol. The van der Waals surface area contributed by atoms with Crippen molar-refractivity contribution >= 4 is 11.7 Å². The molecule has 3 fully saturated rings. The second-order valence-corrected chi connectivity index (χ2v) is 9.04. The van der Waals surface area contributed by atoms with E-state index in [1.54, 1.807) is 18.5 Å². The molecule has 1 aliphatic heterocycles. The van der Waals surface area contributed by atoms with Crippen LogP contribution in [0.4, 0.5) is 19.0 Å². The number of alkyl halides is 3. The number of anilines is 1. The highest BCUT2D eigenvalue weighted by atomic mass is 19.4. The molecule has 6 nitrogen and oxygen atoms in total. The molecule has 4 heterocycles. The number of hydrogen-bond acceptors (Lipinski definition) is 5. The van der Waals surface area contributed by atoms with Gasteiger partial charge in [0.15, 0.2) is 0 Å². The lowest BCUT2D eigenvalue weighted by atomic mass is 9.71. The fraction of sp³-hybridized carbons (Fsp3) is 0.333. The van der Waals surface area contributed by atoms with E-state index in [-0.39, 0.29) is 23.4 Å². The number of halogens is 3. The molecule has 4 unspecified atom stereocenters. The molecule has 0 radical (unpaired) electrons. The predicted molar refractivity (Wildman–Crippen MR) is 114 cm³/mol. The first kappa shape index (κ1) is 20.1. The van der Waals surface area contributed by atoms with E-state index < -0.39 is 11.7 Å². The molecule has 1 spiro atoms. The highest BCUT2D eigenvalue weighted by Crippen LogP contribution is 2.71. The molecule has 3 aromatic rings. The Kier molecular flexibility index (Phi) is 4.27. The highest BCUT2D eigenvalue weighted by molar-refractivity contribution is 5.99. The van der Waals surface area contributed by atoms with E-state index in [0.717, 1.165) is 25.1 Å². The van der Waals surface area contributed by atoms with Gasteiger partial charge in [0.05, 0.1) is 17.3 Å². The Morgan fingerprint density at radius 2 is 1.88 bits per heavy atom. The van der Waals surface area contributed by atoms with Crippen molar-refractivity contribution in [1.82, 2.24) is 19.9 Å². The van der Waals surface area contributed by atoms with E-state index in [1.807, 2.05) is 29.2 Å². The molecule has 1 amide bonds. The predicted octanol–water partition coefficient (Wildman–Crippen LogP) is 4.27. The van der Waals surface area contributed by atoms with Crippen LogP contribution in [0.3, 0.4) is 0 Å². The van der Waals surface area contributed by atoms with Gasteiger partial charge in [-0.2, -0.15) is 13.2 Å². The van der Waals surface area contributed by atoms with Gasteiger partial charge in [0, 0.05) is 36.7 Å². The maximum absolute atomic E-state index is 13.6. The van der Waals surface area contributed by atoms with Crippen molar-refractivity contribution in [2.75, 3.05) is 11.9 Å². The fourth-order valence-electron chi connectivity index (χ4n) is 5.64. The summed E-state index contributed by atoms with van der Waals surface area (Å²) < 4.78 is 38.5. The van der Waals surface area contributed by atoms with Gasteiger partial charge >= 0.3 is 6.18 Å². The summed E-state index contributed by atoms with van der Waals surface area (Å²) in [5, 5.41) is 3.26. The lowest BCUT2D eigenvalue weighted by Gasteiger charge is -2.48. The van der Waals surface area contributed by atoms with Crippen molar-refractivity contribution in [3.05, 3.63) is 72.3 Å². The Hall–Kier alpha value is -3.49. The van der Waals surface area contributed by atoms with Crippen LogP contribution in [0.2, 0.25) is 0 Å². The first-order valence-electron chi connectivity index (χ1n) is 10.8. The van der Waals surface area contributed by atoms with Crippen molar-refractivity contribution in [3.63, 3.8) is 0 Å². The number of nitrogens with zero attached hydrogens (tertiary/aromatic N) is 4. The first-order chi connectivity index (χ1) is 15.9. The third-order valence-electron chi connectivity index (χ3n) is 7.24. The van der Waals surface area contributed by atoms with Crippen LogP contribution in [-0.4, -0.2) is 44.4 Å². The molecular formula is C24H20F3N5O. The average Bonchev–Trinajstić information content (AvgIpc) is 3.47. The van der Waals surface area contributed by atoms with Crippen LogP contribution in [-0.2, 0) is 6.18 Å². The molecule has 168 valence electrons. The minimum absolute atomic E-state index is 0.0299. The number of carbonyl (C=O) groups excluding carboxylic acids is 1. The molecule has 1 N–H and O–H groups in total. The number of nitrogens with one attached hydrogen (secondary N) is 1. The topological polar surface area (TPSA) is 71.0 Å². The van der Waals surface area contributed by atoms with Gasteiger partial charge in [0.2, 0.25) is 0 Å². The summed E-state index contributed by atoms with van der Waals surface area (Å²) in [6.07, 6.45) is 1.66. The third-order valence-corrected chi connectivity index (χ3v) is 7.24. The zero-order valence-corrected chi connectivity index (χ0v) is 17.5. The first-order valence-corrected chi connectivity index (χ1v) is 10.8. The molecule has 6 rings (SSSR count). The maximum Gasteiger partial charge on any atom is 0.417 e. The Labute approximate surface area is 187 Å². The summed E-state index contributed by atoms with van der Waals surface area (Å²) in [7, 11) is 0. The number of aromatic nitrogens is 3. The lowest BCUT2D eigenvalue weighted by Crippen LogP contribution is -2.60. The van der Waals surface area contributed by atoms with Gasteiger partial charge in [0.1, 0.15) is 11.5 Å². The Balaban J connectivity index is 1.25. The molecule has 4 atom stereocenters. The van der Waals surface area contributed by atoms with Crippen molar-refractivity contribution in [2.45, 2.75) is 31.1 Å². The fourth-order valence-corrected chi connectivity index (χ4v) is 5.64. The van der Waals surface area contributed by atoms with Crippen LogP contribution in [0.15, 0.2) is 61.1 Å². The van der Waals surface area contributed by atoms with Crippen LogP contribution in [0.5, 0.6) is 0 Å². The molecule has 3 aromatic heterocycles. The van der Waals surface area contributed by atoms with Crippen LogP contribution in [0.25, 0.3) is 11.3 Å². The molecule has 2 aliphatic carbocycles. The highest BCUT2D eigenvalue weighted by Gasteiger charge is 2.75. The van der Waals surface area contributed by atoms with Crippen molar-refractivity contribution in [2.24, 2.45) is 11.3 Å². The second kappa shape index (κ2) is 7.00. The third kappa shape index (κ3) is 3.17. The minimum atomic E-state index is -4.42. The van der Waals surface area contributed by atoms with Crippen LogP contribution >= 0.6 is 0 Å². The number of pyridine rings is 3. The number of amides is 1. The van der Waals surface area contributed by atoms with Gasteiger partial charge in [-0.15, -0.1) is 0 Å². The second-order valence-electron chi connectivity index (χ2n) is 9.04. The summed E-state index contributed by atoms with van der Waals surface area (Å²) in [4.78, 5) is 28.2. The van der Waals surface area contributed by atoms with E-state index in [1.165, 1.54) is 6.07 Å². The van der Waals surface area contributed by atoms with E-state index in [4.69, 9.17) is 0 Å². The van der Waals surface area contributed by atoms with Gasteiger partial charge in [-0.3, -0.25) is 14.8 Å². The van der Waals surface area contributed by atoms with E-state index in [0.29, 0.717) is 35.2 Å². The lowest BCUT2D eigenvalue weighted by molar-refractivity contribution is -0.137. The number of likely N-dealkylation sites (tertiary alicyclic amines) is 1. The van der Waals surface area contributed by atoms with Crippen molar-refractivity contribution in [3.8, 4) is 11.3 Å². The molecule has 0 aromatic carbocycles. The molecule has 3 aliphatic rings. The molecule has 2 saturated carbocycles. The van der Waals surface area contributed by atoms with Crippen LogP contribution in [0, 0.1) is 11.3 Å². The van der Waals surface area contributed by atoms with E-state index in [9.17, 15) is 18.0 Å². The molecular weight excluding hydrogens is 431 g/mol. The largest absolute Gasteiger partial charge is 0.417 e. The molecule has 9 heteroatoms. The summed E-state index contributed by atoms with van der Waals surface area (Å²) in [5.74, 6) is 0.707. The number of hydrogen-bond donors (Lipinski definition) is 1. The number of rotatable bonds is 4. The monoisotopic (exact) mass is 451 g/mol. The van der Waals surface area contributed by atoms with Crippen LogP contribution in [0.1, 0.15) is 28.9 Å². The molecule has 0 bridgehead atoms. The summed E-state index contributed by atoms with van der Waals surface area (Å²) in [6, 6.07) is 11.4. The van der Waals surface area contributed by atoms with Crippen LogP contribution < -0.4 is 5.32 Å². The molecule has 33 heavy (non-hydrogen) atoms. The Morgan fingerprint density at radius 1 is 1.03 bits per heavy atom. The Morgan fingerprint density at radius 3 is 2.61 bits per heavy atom. The van der Waals surface area contributed by atoms with E-state index >= 15 is 0 Å². The summed E-state index contributed by atoms with van der Waals surface area (Å²) in [6.45, 7) is 0.667. The van der Waals surface area contributed by atoms with Crippen molar-refractivity contribution in [1.29, 1.82) is 0 Å². The number of carbonyl (C=O) groups is 1. The zero-order valence-electron chi connectivity index (χ0n) is 17.5. The zero-order chi connectivity index (χ0) is 22.8.